The molecule has 4 N–H and O–H groups in total. The Kier molecular flexibility index (Phi) is 19.0. The highest BCUT2D eigenvalue weighted by molar-refractivity contribution is 5.98. The van der Waals surface area contributed by atoms with Gasteiger partial charge in [0, 0.05) is 6.08 Å². The summed E-state index contributed by atoms with van der Waals surface area (Å²) in [5, 5.41) is 9.52. The van der Waals surface area contributed by atoms with Gasteiger partial charge in [-0.2, -0.15) is 0 Å². The summed E-state index contributed by atoms with van der Waals surface area (Å²) in [5.41, 5.74) is 4.54. The summed E-state index contributed by atoms with van der Waals surface area (Å²) < 4.78 is 8.58. The second-order valence-electron chi connectivity index (χ2n) is 2.71. The van der Waals surface area contributed by atoms with Gasteiger partial charge >= 0.3 is 18.2 Å². The first-order valence-electron chi connectivity index (χ1n) is 5.62. The van der Waals surface area contributed by atoms with Crippen LogP contribution in [-0.2, 0) is 19.1 Å². The number of rotatable bonds is 4. The van der Waals surface area contributed by atoms with Crippen LogP contribution in [0.5, 0.6) is 0 Å². The number of hydrogen-bond acceptors (Lipinski definition) is 6. The lowest BCUT2D eigenvalue weighted by Crippen LogP contribution is -2.29. The van der Waals surface area contributed by atoms with Crippen molar-refractivity contribution >= 4 is 24.1 Å². The molecule has 0 aromatic rings. The Morgan fingerprint density at radius 3 is 1.71 bits per heavy atom. The maximum absolute atomic E-state index is 10.4. The Bertz CT molecular complexity index is 367. The van der Waals surface area contributed by atoms with Gasteiger partial charge in [-0.1, -0.05) is 13.2 Å². The molecule has 0 bridgehead atoms. The summed E-state index contributed by atoms with van der Waals surface area (Å²) in [6, 6.07) is 0. The molecule has 3 amide bonds. The summed E-state index contributed by atoms with van der Waals surface area (Å²) in [5.74, 6) is -1.54. The molecule has 0 aromatic heterocycles. The van der Waals surface area contributed by atoms with Gasteiger partial charge in [0.1, 0.15) is 0 Å². The number of aliphatic carboxylic acids is 1. The van der Waals surface area contributed by atoms with E-state index in [0.29, 0.717) is 6.61 Å². The van der Waals surface area contributed by atoms with Crippen molar-refractivity contribution in [2.45, 2.75) is 13.8 Å². The fourth-order valence-corrected chi connectivity index (χ4v) is 0.461. The van der Waals surface area contributed by atoms with E-state index in [9.17, 15) is 19.2 Å². The van der Waals surface area contributed by atoms with Crippen molar-refractivity contribution in [3.63, 3.8) is 0 Å². The number of nitrogens with two attached hydrogens (primary N) is 1. The minimum Gasteiger partial charge on any atom is -0.478 e. The van der Waals surface area contributed by atoms with Crippen LogP contribution in [0.2, 0.25) is 0 Å². The molecule has 0 heterocycles. The SMILES string of the molecule is C=CC(=O)NC(=O)OCC.C=CC(=O)O.CCOC(N)=O. The van der Waals surface area contributed by atoms with E-state index in [1.165, 1.54) is 0 Å². The molecule has 0 fully saturated rings. The summed E-state index contributed by atoms with van der Waals surface area (Å²) in [7, 11) is 0. The summed E-state index contributed by atoms with van der Waals surface area (Å²) >= 11 is 0. The number of carbonyl (C=O) groups excluding carboxylic acids is 3. The Morgan fingerprint density at radius 2 is 1.52 bits per heavy atom. The smallest absolute Gasteiger partial charge is 0.414 e. The van der Waals surface area contributed by atoms with Crippen LogP contribution in [0.4, 0.5) is 9.59 Å². The van der Waals surface area contributed by atoms with Gasteiger partial charge in [0.25, 0.3) is 5.91 Å². The van der Waals surface area contributed by atoms with Gasteiger partial charge in [-0.05, 0) is 19.9 Å². The third-order valence-corrected chi connectivity index (χ3v) is 1.15. The standard InChI is InChI=1S/C6H9NO3.C3H7NO2.C3H4O2/c1-3-5(8)7-6(9)10-4-2;1-2-6-3(4)5;1-2-3(4)5/h3H,1,4H2,2H3,(H,7,8,9);2H2,1H3,(H2,4,5);2H,1H2,(H,4,5). The van der Waals surface area contributed by atoms with Crippen molar-refractivity contribution in [1.29, 1.82) is 0 Å². The first-order valence-corrected chi connectivity index (χ1v) is 5.62. The summed E-state index contributed by atoms with van der Waals surface area (Å²) in [4.78, 5) is 39.6. The number of imide groups is 1. The van der Waals surface area contributed by atoms with E-state index >= 15 is 0 Å². The number of amides is 3. The lowest BCUT2D eigenvalue weighted by molar-refractivity contribution is -0.131. The first kappa shape index (κ1) is 23.3. The quantitative estimate of drug-likeness (QED) is 0.651. The topological polar surface area (TPSA) is 145 Å². The second-order valence-corrected chi connectivity index (χ2v) is 2.71. The predicted molar refractivity (Wildman–Crippen MR) is 74.4 cm³/mol. The monoisotopic (exact) mass is 304 g/mol. The largest absolute Gasteiger partial charge is 0.478 e. The Labute approximate surface area is 122 Å². The highest BCUT2D eigenvalue weighted by Gasteiger charge is 2.02. The van der Waals surface area contributed by atoms with Gasteiger partial charge in [-0.3, -0.25) is 10.1 Å². The zero-order chi connectivity index (χ0) is 17.3. The fraction of sp³-hybridized carbons (Fsp3) is 0.333. The van der Waals surface area contributed by atoms with Crippen molar-refractivity contribution in [3.8, 4) is 0 Å². The van der Waals surface area contributed by atoms with Crippen molar-refractivity contribution in [2.75, 3.05) is 13.2 Å². The summed E-state index contributed by atoms with van der Waals surface area (Å²) in [6.07, 6.45) is 0.376. The molecule has 9 heteroatoms. The van der Waals surface area contributed by atoms with Crippen LogP contribution in [0.1, 0.15) is 13.8 Å². The minimum atomic E-state index is -0.981. The number of carboxylic acids is 1. The van der Waals surface area contributed by atoms with Crippen molar-refractivity contribution in [3.05, 3.63) is 25.3 Å². The summed E-state index contributed by atoms with van der Waals surface area (Å²) in [6.45, 7) is 10.1. The van der Waals surface area contributed by atoms with Crippen LogP contribution >= 0.6 is 0 Å². The highest BCUT2D eigenvalue weighted by Crippen LogP contribution is 1.76. The van der Waals surface area contributed by atoms with Gasteiger partial charge in [0.05, 0.1) is 13.2 Å². The predicted octanol–water partition coefficient (Wildman–Crippen LogP) is 0.804. The Hall–Kier alpha value is -2.84. The molecule has 9 nitrogen and oxygen atoms in total. The van der Waals surface area contributed by atoms with E-state index < -0.39 is 24.1 Å². The molecule has 0 aliphatic heterocycles. The molecule has 0 atom stereocenters. The third-order valence-electron chi connectivity index (χ3n) is 1.15. The van der Waals surface area contributed by atoms with Crippen LogP contribution in [0.25, 0.3) is 0 Å². The van der Waals surface area contributed by atoms with Gasteiger partial charge in [-0.25, -0.2) is 14.4 Å². The van der Waals surface area contributed by atoms with Gasteiger partial charge < -0.3 is 20.3 Å². The highest BCUT2D eigenvalue weighted by atomic mass is 16.5. The molecule has 0 aliphatic rings. The van der Waals surface area contributed by atoms with E-state index in [0.717, 1.165) is 12.2 Å². The molecular formula is C12H20N2O7. The maximum atomic E-state index is 10.4. The number of carbonyl (C=O) groups is 4. The number of ether oxygens (including phenoxy) is 2. The van der Waals surface area contributed by atoms with Gasteiger partial charge in [0.2, 0.25) is 0 Å². The van der Waals surface area contributed by atoms with Crippen LogP contribution in [0.3, 0.4) is 0 Å². The van der Waals surface area contributed by atoms with Crippen LogP contribution in [-0.4, -0.2) is 42.4 Å². The van der Waals surface area contributed by atoms with Gasteiger partial charge in [0.15, 0.2) is 0 Å². The average Bonchev–Trinajstić information content (AvgIpc) is 2.40. The molecule has 0 radical (unpaired) electrons. The molecule has 0 unspecified atom stereocenters. The second kappa shape index (κ2) is 17.2. The molecule has 0 aliphatic carbocycles. The molecule has 0 saturated heterocycles. The van der Waals surface area contributed by atoms with E-state index in [4.69, 9.17) is 5.11 Å². The van der Waals surface area contributed by atoms with Crippen molar-refractivity contribution < 1.29 is 33.8 Å². The number of carboxylic acid groups (broad SMARTS) is 1. The fourth-order valence-electron chi connectivity index (χ4n) is 0.461. The first-order chi connectivity index (χ1) is 9.74. The zero-order valence-electron chi connectivity index (χ0n) is 12.0. The Balaban J connectivity index is -0.000000252. The van der Waals surface area contributed by atoms with Gasteiger partial charge in [-0.15, -0.1) is 0 Å². The van der Waals surface area contributed by atoms with Crippen molar-refractivity contribution in [1.82, 2.24) is 5.32 Å². The minimum absolute atomic E-state index is 0.246. The molecule has 0 saturated carbocycles. The molecule has 0 rings (SSSR count). The van der Waals surface area contributed by atoms with E-state index in [2.05, 4.69) is 28.4 Å². The molecule has 21 heavy (non-hydrogen) atoms. The number of primary amides is 1. The Morgan fingerprint density at radius 1 is 1.10 bits per heavy atom. The number of hydrogen-bond donors (Lipinski definition) is 3. The molecule has 0 aromatic carbocycles. The average molecular weight is 304 g/mol. The molecule has 120 valence electrons. The third kappa shape index (κ3) is 31.7. The normalized spacial score (nSPS) is 7.52. The lowest BCUT2D eigenvalue weighted by atomic mass is 10.6. The van der Waals surface area contributed by atoms with E-state index in [-0.39, 0.29) is 6.61 Å². The maximum Gasteiger partial charge on any atom is 0.414 e. The molecular weight excluding hydrogens is 284 g/mol. The van der Waals surface area contributed by atoms with Crippen molar-refractivity contribution in [2.24, 2.45) is 5.73 Å². The number of alkyl carbamates (subject to hydrolysis) is 1. The van der Waals surface area contributed by atoms with Crippen LogP contribution in [0, 0.1) is 0 Å². The van der Waals surface area contributed by atoms with E-state index in [1.54, 1.807) is 13.8 Å². The lowest BCUT2D eigenvalue weighted by Gasteiger charge is -1.99. The van der Waals surface area contributed by atoms with E-state index in [1.807, 2.05) is 5.32 Å². The number of nitrogens with one attached hydrogen (secondary N) is 1. The zero-order valence-corrected chi connectivity index (χ0v) is 12.0. The van der Waals surface area contributed by atoms with Crippen LogP contribution < -0.4 is 11.1 Å². The molecule has 0 spiro atoms. The van der Waals surface area contributed by atoms with Crippen LogP contribution in [0.15, 0.2) is 25.3 Å².